The van der Waals surface area contributed by atoms with Gasteiger partial charge in [0.2, 0.25) is 5.91 Å². The average molecular weight is 335 g/mol. The van der Waals surface area contributed by atoms with Crippen LogP contribution in [0.1, 0.15) is 51.4 Å². The van der Waals surface area contributed by atoms with Gasteiger partial charge in [-0.05, 0) is 39.3 Å². The number of carbonyl (C=O) groups excluding carboxylic acids is 2. The molecule has 0 saturated heterocycles. The summed E-state index contributed by atoms with van der Waals surface area (Å²) >= 11 is 0. The number of halogens is 1. The van der Waals surface area contributed by atoms with Gasteiger partial charge in [-0.1, -0.05) is 19.3 Å². The Morgan fingerprint density at radius 2 is 1.64 bits per heavy atom. The van der Waals surface area contributed by atoms with Crippen molar-refractivity contribution >= 4 is 24.3 Å². The quantitative estimate of drug-likeness (QED) is 0.483. The molecular formula is C15H31ClN4O2. The zero-order valence-electron chi connectivity index (χ0n) is 13.6. The van der Waals surface area contributed by atoms with Gasteiger partial charge in [0.1, 0.15) is 0 Å². The Kier molecular flexibility index (Phi) is 13.0. The molecule has 1 aliphatic carbocycles. The highest BCUT2D eigenvalue weighted by Gasteiger charge is 2.15. The molecule has 0 aromatic carbocycles. The molecule has 1 aliphatic rings. The molecule has 1 saturated carbocycles. The number of rotatable bonds is 9. The smallest absolute Gasteiger partial charge is 0.315 e. The van der Waals surface area contributed by atoms with Crippen molar-refractivity contribution in [2.24, 2.45) is 0 Å². The molecule has 0 heterocycles. The molecule has 7 heteroatoms. The van der Waals surface area contributed by atoms with Crippen molar-refractivity contribution in [1.82, 2.24) is 21.3 Å². The standard InChI is InChI=1S/C15H30N4O2.ClH/c1-16-10-6-12-17-14(20)9-5-11-18-15(21)19-13-7-3-2-4-8-13;/h13,16H,2-12H2,1H3,(H,17,20)(H2,18,19,21);1H. The maximum absolute atomic E-state index is 11.7. The van der Waals surface area contributed by atoms with Crippen LogP contribution in [0.25, 0.3) is 0 Å². The van der Waals surface area contributed by atoms with Gasteiger partial charge in [-0.25, -0.2) is 4.79 Å². The van der Waals surface area contributed by atoms with Gasteiger partial charge in [0.15, 0.2) is 0 Å². The Balaban J connectivity index is 0.00000441. The number of nitrogens with one attached hydrogen (secondary N) is 4. The molecule has 3 amide bonds. The van der Waals surface area contributed by atoms with Crippen LogP contribution in [0.15, 0.2) is 0 Å². The number of hydrogen-bond donors (Lipinski definition) is 4. The maximum Gasteiger partial charge on any atom is 0.315 e. The van der Waals surface area contributed by atoms with Gasteiger partial charge in [0, 0.05) is 25.6 Å². The zero-order valence-corrected chi connectivity index (χ0v) is 14.4. The topological polar surface area (TPSA) is 82.3 Å². The van der Waals surface area contributed by atoms with E-state index in [1.54, 1.807) is 0 Å². The summed E-state index contributed by atoms with van der Waals surface area (Å²) < 4.78 is 0. The van der Waals surface area contributed by atoms with Crippen molar-refractivity contribution in [2.75, 3.05) is 26.7 Å². The van der Waals surface area contributed by atoms with E-state index in [0.717, 1.165) is 25.8 Å². The number of hydrogen-bond acceptors (Lipinski definition) is 3. The van der Waals surface area contributed by atoms with Crippen molar-refractivity contribution in [2.45, 2.75) is 57.4 Å². The van der Waals surface area contributed by atoms with Crippen molar-refractivity contribution in [3.63, 3.8) is 0 Å². The van der Waals surface area contributed by atoms with Crippen molar-refractivity contribution in [3.05, 3.63) is 0 Å². The van der Waals surface area contributed by atoms with Crippen LogP contribution in [0.4, 0.5) is 4.79 Å². The van der Waals surface area contributed by atoms with Gasteiger partial charge in [-0.2, -0.15) is 0 Å². The molecule has 1 fully saturated rings. The molecule has 22 heavy (non-hydrogen) atoms. The normalized spacial score (nSPS) is 14.8. The molecule has 130 valence electrons. The summed E-state index contributed by atoms with van der Waals surface area (Å²) in [5.41, 5.74) is 0. The zero-order chi connectivity index (χ0) is 15.3. The van der Waals surface area contributed by atoms with E-state index in [2.05, 4.69) is 21.3 Å². The van der Waals surface area contributed by atoms with E-state index in [9.17, 15) is 9.59 Å². The highest BCUT2D eigenvalue weighted by atomic mass is 35.5. The van der Waals surface area contributed by atoms with Crippen LogP contribution in [0.2, 0.25) is 0 Å². The molecule has 0 bridgehead atoms. The molecular weight excluding hydrogens is 304 g/mol. The molecule has 0 radical (unpaired) electrons. The number of amides is 3. The summed E-state index contributed by atoms with van der Waals surface area (Å²) in [5, 5.41) is 11.7. The minimum Gasteiger partial charge on any atom is -0.356 e. The first-order valence-corrected chi connectivity index (χ1v) is 8.18. The maximum atomic E-state index is 11.7. The van der Waals surface area contributed by atoms with Crippen molar-refractivity contribution in [1.29, 1.82) is 0 Å². The first kappa shape index (κ1) is 21.0. The molecule has 0 spiro atoms. The highest BCUT2D eigenvalue weighted by Crippen LogP contribution is 2.17. The van der Waals surface area contributed by atoms with Gasteiger partial charge in [0.25, 0.3) is 0 Å². The van der Waals surface area contributed by atoms with E-state index in [1.165, 1.54) is 19.3 Å². The Morgan fingerprint density at radius 1 is 0.955 bits per heavy atom. The van der Waals surface area contributed by atoms with Gasteiger partial charge < -0.3 is 21.3 Å². The summed E-state index contributed by atoms with van der Waals surface area (Å²) in [4.78, 5) is 23.2. The summed E-state index contributed by atoms with van der Waals surface area (Å²) in [6, 6.07) is 0.227. The van der Waals surface area contributed by atoms with E-state index in [-0.39, 0.29) is 24.3 Å². The largest absolute Gasteiger partial charge is 0.356 e. The van der Waals surface area contributed by atoms with Crippen LogP contribution in [-0.4, -0.2) is 44.7 Å². The van der Waals surface area contributed by atoms with Crippen LogP contribution in [0, 0.1) is 0 Å². The van der Waals surface area contributed by atoms with Gasteiger partial charge in [-0.3, -0.25) is 4.79 Å². The van der Waals surface area contributed by atoms with E-state index >= 15 is 0 Å². The van der Waals surface area contributed by atoms with E-state index in [1.807, 2.05) is 7.05 Å². The van der Waals surface area contributed by atoms with E-state index in [4.69, 9.17) is 0 Å². The Labute approximate surface area is 140 Å². The fourth-order valence-corrected chi connectivity index (χ4v) is 2.52. The average Bonchev–Trinajstić information content (AvgIpc) is 2.49. The Morgan fingerprint density at radius 3 is 2.32 bits per heavy atom. The van der Waals surface area contributed by atoms with Crippen molar-refractivity contribution < 1.29 is 9.59 Å². The number of carbonyl (C=O) groups is 2. The Bertz CT molecular complexity index is 310. The monoisotopic (exact) mass is 334 g/mol. The fraction of sp³-hybridized carbons (Fsp3) is 0.867. The predicted octanol–water partition coefficient (Wildman–Crippen LogP) is 1.55. The second-order valence-corrected chi connectivity index (χ2v) is 5.65. The lowest BCUT2D eigenvalue weighted by atomic mass is 9.96. The molecule has 0 aliphatic heterocycles. The van der Waals surface area contributed by atoms with Gasteiger partial charge in [-0.15, -0.1) is 12.4 Å². The molecule has 0 aromatic rings. The minimum absolute atomic E-state index is 0. The molecule has 0 aromatic heterocycles. The lowest BCUT2D eigenvalue weighted by Crippen LogP contribution is -2.43. The molecule has 0 unspecified atom stereocenters. The lowest BCUT2D eigenvalue weighted by molar-refractivity contribution is -0.121. The fourth-order valence-electron chi connectivity index (χ4n) is 2.52. The predicted molar refractivity (Wildman–Crippen MR) is 91.4 cm³/mol. The second kappa shape index (κ2) is 13.6. The first-order chi connectivity index (χ1) is 10.2. The summed E-state index contributed by atoms with van der Waals surface area (Å²) in [7, 11) is 1.89. The van der Waals surface area contributed by atoms with Crippen LogP contribution < -0.4 is 21.3 Å². The van der Waals surface area contributed by atoms with Crippen LogP contribution in [0.3, 0.4) is 0 Å². The molecule has 1 rings (SSSR count). The SMILES string of the molecule is CNCCCNC(=O)CCCNC(=O)NC1CCCCC1.Cl. The second-order valence-electron chi connectivity index (χ2n) is 5.65. The Hall–Kier alpha value is -1.01. The highest BCUT2D eigenvalue weighted by molar-refractivity contribution is 5.85. The summed E-state index contributed by atoms with van der Waals surface area (Å²) in [6.45, 7) is 2.15. The van der Waals surface area contributed by atoms with Crippen LogP contribution in [-0.2, 0) is 4.79 Å². The van der Waals surface area contributed by atoms with Crippen LogP contribution >= 0.6 is 12.4 Å². The molecule has 4 N–H and O–H groups in total. The van der Waals surface area contributed by atoms with Gasteiger partial charge >= 0.3 is 6.03 Å². The van der Waals surface area contributed by atoms with Gasteiger partial charge in [0.05, 0.1) is 0 Å². The molecule has 0 atom stereocenters. The van der Waals surface area contributed by atoms with Crippen LogP contribution in [0.5, 0.6) is 0 Å². The van der Waals surface area contributed by atoms with E-state index in [0.29, 0.717) is 32.0 Å². The number of urea groups is 1. The first-order valence-electron chi connectivity index (χ1n) is 8.18. The molecule has 6 nitrogen and oxygen atoms in total. The third kappa shape index (κ3) is 10.7. The minimum atomic E-state index is -0.101. The summed E-state index contributed by atoms with van der Waals surface area (Å²) in [6.07, 6.45) is 7.94. The van der Waals surface area contributed by atoms with E-state index < -0.39 is 0 Å². The summed E-state index contributed by atoms with van der Waals surface area (Å²) in [5.74, 6) is 0.0561. The third-order valence-corrected chi connectivity index (χ3v) is 3.73. The lowest BCUT2D eigenvalue weighted by Gasteiger charge is -2.22. The van der Waals surface area contributed by atoms with Crippen molar-refractivity contribution in [3.8, 4) is 0 Å². The third-order valence-electron chi connectivity index (χ3n) is 3.73.